The van der Waals surface area contributed by atoms with Crippen LogP contribution in [0.3, 0.4) is 0 Å². The van der Waals surface area contributed by atoms with E-state index in [2.05, 4.69) is 28.2 Å². The lowest BCUT2D eigenvalue weighted by Gasteiger charge is -2.19. The molecule has 1 N–H and O–H groups in total. The van der Waals surface area contributed by atoms with E-state index in [1.54, 1.807) is 38.7 Å². The molecule has 0 saturated heterocycles. The summed E-state index contributed by atoms with van der Waals surface area (Å²) in [6, 6.07) is 24.0. The van der Waals surface area contributed by atoms with Crippen molar-refractivity contribution in [1.82, 2.24) is 9.88 Å². The number of ether oxygens (including phenoxy) is 2. The number of fused-ring (bicyclic) bond motifs is 1. The minimum absolute atomic E-state index is 0.100. The zero-order valence-electron chi connectivity index (χ0n) is 21.3. The molecule has 2 heterocycles. The van der Waals surface area contributed by atoms with Gasteiger partial charge in [-0.25, -0.2) is 4.39 Å². The molecule has 2 aromatic heterocycles. The van der Waals surface area contributed by atoms with Crippen molar-refractivity contribution in [1.29, 1.82) is 0 Å². The van der Waals surface area contributed by atoms with Crippen molar-refractivity contribution in [3.63, 3.8) is 0 Å². The molecule has 7 heteroatoms. The molecule has 0 radical (unpaired) electrons. The van der Waals surface area contributed by atoms with Crippen LogP contribution in [0.15, 0.2) is 95.7 Å². The number of carbonyl (C=O) groups is 1. The highest BCUT2D eigenvalue weighted by atomic mass is 19.1. The van der Waals surface area contributed by atoms with Gasteiger partial charge in [-0.3, -0.25) is 4.79 Å². The molecule has 1 amide bonds. The van der Waals surface area contributed by atoms with E-state index in [-0.39, 0.29) is 24.1 Å². The molecule has 1 atom stereocenters. The number of carbonyl (C=O) groups excluding carboxylic acids is 1. The largest absolute Gasteiger partial charge is 0.493 e. The van der Waals surface area contributed by atoms with Gasteiger partial charge in [-0.15, -0.1) is 0 Å². The summed E-state index contributed by atoms with van der Waals surface area (Å²) in [5.74, 6) is 1.29. The van der Waals surface area contributed by atoms with Crippen LogP contribution in [0.5, 0.6) is 11.5 Å². The van der Waals surface area contributed by atoms with Crippen LogP contribution in [-0.4, -0.2) is 24.7 Å². The van der Waals surface area contributed by atoms with Gasteiger partial charge in [0.1, 0.15) is 11.6 Å². The third-order valence-electron chi connectivity index (χ3n) is 6.70. The van der Waals surface area contributed by atoms with Gasteiger partial charge in [0.05, 0.1) is 27.0 Å². The molecular weight excluding hydrogens is 483 g/mol. The SMILES string of the molecule is COc1ccc(C(CC(=O)NCc2ccco2)c2cn(Cc3ccc(F)cc3)c3ccccc23)cc1OC. The first kappa shape index (κ1) is 25.1. The second-order valence-electron chi connectivity index (χ2n) is 9.08. The second-order valence-corrected chi connectivity index (χ2v) is 9.08. The van der Waals surface area contributed by atoms with Gasteiger partial charge in [0.15, 0.2) is 11.5 Å². The molecule has 0 bridgehead atoms. The standard InChI is InChI=1S/C31H29FN2O4/c1-36-29-14-11-22(16-30(29)37-2)26(17-31(35)33-18-24-6-5-15-38-24)27-20-34(28-8-4-3-7-25(27)28)19-21-9-12-23(32)13-10-21/h3-16,20,26H,17-19H2,1-2H3,(H,33,35). The Morgan fingerprint density at radius 2 is 1.76 bits per heavy atom. The second kappa shape index (κ2) is 11.3. The summed E-state index contributed by atoms with van der Waals surface area (Å²) < 4.78 is 32.0. The third kappa shape index (κ3) is 5.42. The molecule has 0 aliphatic rings. The lowest BCUT2D eigenvalue weighted by Crippen LogP contribution is -2.24. The zero-order chi connectivity index (χ0) is 26.5. The number of para-hydroxylation sites is 1. The number of halogens is 1. The fraction of sp³-hybridized carbons (Fsp3) is 0.194. The van der Waals surface area contributed by atoms with Crippen LogP contribution in [-0.2, 0) is 17.9 Å². The van der Waals surface area contributed by atoms with Crippen molar-refractivity contribution < 1.29 is 23.1 Å². The maximum absolute atomic E-state index is 13.5. The fourth-order valence-electron chi connectivity index (χ4n) is 4.80. The number of nitrogens with one attached hydrogen (secondary N) is 1. The first-order chi connectivity index (χ1) is 18.6. The number of methoxy groups -OCH3 is 2. The lowest BCUT2D eigenvalue weighted by molar-refractivity contribution is -0.121. The summed E-state index contributed by atoms with van der Waals surface area (Å²) in [4.78, 5) is 13.2. The number of nitrogens with zero attached hydrogens (tertiary/aromatic N) is 1. The van der Waals surface area contributed by atoms with Gasteiger partial charge in [0.25, 0.3) is 0 Å². The van der Waals surface area contributed by atoms with Crippen LogP contribution in [0.2, 0.25) is 0 Å². The first-order valence-corrected chi connectivity index (χ1v) is 12.4. The number of hydrogen-bond donors (Lipinski definition) is 1. The molecule has 5 aromatic rings. The molecule has 0 spiro atoms. The highest BCUT2D eigenvalue weighted by Gasteiger charge is 2.24. The molecule has 5 rings (SSSR count). The van der Waals surface area contributed by atoms with Crippen molar-refractivity contribution in [3.8, 4) is 11.5 Å². The maximum Gasteiger partial charge on any atom is 0.221 e. The molecule has 6 nitrogen and oxygen atoms in total. The maximum atomic E-state index is 13.5. The molecule has 38 heavy (non-hydrogen) atoms. The van der Waals surface area contributed by atoms with E-state index in [9.17, 15) is 9.18 Å². The Labute approximate surface area is 220 Å². The molecule has 0 fully saturated rings. The van der Waals surface area contributed by atoms with Gasteiger partial charge in [0, 0.05) is 36.0 Å². The summed E-state index contributed by atoms with van der Waals surface area (Å²) in [6.07, 6.45) is 3.90. The van der Waals surface area contributed by atoms with Crippen molar-refractivity contribution >= 4 is 16.8 Å². The Kier molecular flexibility index (Phi) is 7.45. The van der Waals surface area contributed by atoms with Gasteiger partial charge in [-0.05, 0) is 59.2 Å². The van der Waals surface area contributed by atoms with E-state index in [1.165, 1.54) is 12.1 Å². The summed E-state index contributed by atoms with van der Waals surface area (Å²) >= 11 is 0. The summed E-state index contributed by atoms with van der Waals surface area (Å²) in [5, 5.41) is 4.02. The van der Waals surface area contributed by atoms with E-state index < -0.39 is 0 Å². The normalized spacial score (nSPS) is 11.9. The summed E-state index contributed by atoms with van der Waals surface area (Å²) in [6.45, 7) is 0.890. The predicted molar refractivity (Wildman–Crippen MR) is 144 cm³/mol. The van der Waals surface area contributed by atoms with E-state index in [1.807, 2.05) is 36.4 Å². The number of aromatic nitrogens is 1. The lowest BCUT2D eigenvalue weighted by atomic mass is 9.87. The summed E-state index contributed by atoms with van der Waals surface area (Å²) in [7, 11) is 3.20. The van der Waals surface area contributed by atoms with Crippen LogP contribution in [0.25, 0.3) is 10.9 Å². The van der Waals surface area contributed by atoms with Gasteiger partial charge < -0.3 is 23.8 Å². The van der Waals surface area contributed by atoms with E-state index in [4.69, 9.17) is 13.9 Å². The quantitative estimate of drug-likeness (QED) is 0.239. The predicted octanol–water partition coefficient (Wildman–Crippen LogP) is 6.28. The number of hydrogen-bond acceptors (Lipinski definition) is 4. The molecular formula is C31H29FN2O4. The van der Waals surface area contributed by atoms with Gasteiger partial charge in [-0.1, -0.05) is 36.4 Å². The van der Waals surface area contributed by atoms with Gasteiger partial charge >= 0.3 is 0 Å². The number of furan rings is 1. The molecule has 194 valence electrons. The van der Waals surface area contributed by atoms with Gasteiger partial charge in [-0.2, -0.15) is 0 Å². The van der Waals surface area contributed by atoms with Crippen molar-refractivity contribution in [2.75, 3.05) is 14.2 Å². The van der Waals surface area contributed by atoms with Crippen LogP contribution in [0, 0.1) is 5.82 Å². The minimum atomic E-state index is -0.263. The van der Waals surface area contributed by atoms with E-state index >= 15 is 0 Å². The smallest absolute Gasteiger partial charge is 0.221 e. The molecule has 0 saturated carbocycles. The number of amides is 1. The minimum Gasteiger partial charge on any atom is -0.493 e. The Balaban J connectivity index is 1.54. The van der Waals surface area contributed by atoms with Crippen LogP contribution >= 0.6 is 0 Å². The topological polar surface area (TPSA) is 65.6 Å². The van der Waals surface area contributed by atoms with Crippen LogP contribution in [0.4, 0.5) is 4.39 Å². The zero-order valence-corrected chi connectivity index (χ0v) is 21.3. The van der Waals surface area contributed by atoms with Crippen molar-refractivity contribution in [2.24, 2.45) is 0 Å². The number of benzene rings is 3. The molecule has 0 aliphatic carbocycles. The molecule has 0 aliphatic heterocycles. The third-order valence-corrected chi connectivity index (χ3v) is 6.70. The highest BCUT2D eigenvalue weighted by Crippen LogP contribution is 2.38. The Morgan fingerprint density at radius 3 is 2.50 bits per heavy atom. The van der Waals surface area contributed by atoms with Crippen LogP contribution in [0.1, 0.15) is 34.8 Å². The summed E-state index contributed by atoms with van der Waals surface area (Å²) in [5.41, 5.74) is 3.97. The highest BCUT2D eigenvalue weighted by molar-refractivity contribution is 5.87. The molecule has 1 unspecified atom stereocenters. The Hall–Kier alpha value is -4.52. The van der Waals surface area contributed by atoms with Gasteiger partial charge in [0.2, 0.25) is 5.91 Å². The number of rotatable bonds is 10. The monoisotopic (exact) mass is 512 g/mol. The molecule has 3 aromatic carbocycles. The average molecular weight is 513 g/mol. The van der Waals surface area contributed by atoms with Crippen LogP contribution < -0.4 is 14.8 Å². The van der Waals surface area contributed by atoms with E-state index in [0.717, 1.165) is 27.6 Å². The Morgan fingerprint density at radius 1 is 0.974 bits per heavy atom. The first-order valence-electron chi connectivity index (χ1n) is 12.4. The van der Waals surface area contributed by atoms with Crippen molar-refractivity contribution in [3.05, 3.63) is 120 Å². The van der Waals surface area contributed by atoms with E-state index in [0.29, 0.717) is 30.3 Å². The fourth-order valence-corrected chi connectivity index (χ4v) is 4.80. The van der Waals surface area contributed by atoms with Crippen molar-refractivity contribution in [2.45, 2.75) is 25.4 Å². The average Bonchev–Trinajstić information content (AvgIpc) is 3.60. The Bertz CT molecular complexity index is 1520.